The van der Waals surface area contributed by atoms with Crippen LogP contribution in [0.1, 0.15) is 41.4 Å². The van der Waals surface area contributed by atoms with E-state index < -0.39 is 60.6 Å². The molecule has 8 nitrogen and oxygen atoms in total. The molecule has 0 aliphatic heterocycles. The number of benzene rings is 2. The summed E-state index contributed by atoms with van der Waals surface area (Å²) < 4.78 is 88.4. The van der Waals surface area contributed by atoms with Gasteiger partial charge < -0.3 is 15.6 Å². The van der Waals surface area contributed by atoms with E-state index in [4.69, 9.17) is 34.2 Å². The van der Waals surface area contributed by atoms with Gasteiger partial charge in [0.25, 0.3) is 0 Å². The Morgan fingerprint density at radius 3 is 2.16 bits per heavy atom. The third-order valence-electron chi connectivity index (χ3n) is 5.83. The van der Waals surface area contributed by atoms with Crippen molar-refractivity contribution in [3.8, 4) is 11.8 Å². The maximum absolute atomic E-state index is 12.7. The highest BCUT2D eigenvalue weighted by atomic mass is 35.5. The van der Waals surface area contributed by atoms with E-state index in [1.807, 2.05) is 37.3 Å². The molecular formula is C26H19Cl2F6N7OS. The minimum absolute atomic E-state index is 0.433. The van der Waals surface area contributed by atoms with E-state index in [2.05, 4.69) is 26.4 Å². The topological polar surface area (TPSA) is 128 Å². The number of nitrogens with one attached hydrogen (secondary N) is 1. The molecule has 0 saturated heterocycles. The van der Waals surface area contributed by atoms with Crippen LogP contribution in [0.25, 0.3) is 5.69 Å². The highest BCUT2D eigenvalue weighted by molar-refractivity contribution is 7.92. The van der Waals surface area contributed by atoms with Crippen LogP contribution in [0.4, 0.5) is 43.8 Å². The fourth-order valence-corrected chi connectivity index (χ4v) is 5.20. The highest BCUT2D eigenvalue weighted by Crippen LogP contribution is 2.41. The molecule has 1 unspecified atom stereocenters. The Morgan fingerprint density at radius 2 is 1.65 bits per heavy atom. The average Bonchev–Trinajstić information content (AvgIpc) is 3.72. The van der Waals surface area contributed by atoms with Crippen LogP contribution in [0.3, 0.4) is 0 Å². The lowest BCUT2D eigenvalue weighted by molar-refractivity contribution is -0.137. The average molecular weight is 662 g/mol. The van der Waals surface area contributed by atoms with Gasteiger partial charge in [0.15, 0.2) is 5.82 Å². The van der Waals surface area contributed by atoms with Crippen LogP contribution in [0, 0.1) is 18.3 Å². The molecule has 0 bridgehead atoms. The lowest BCUT2D eigenvalue weighted by atomic mass is 10.2. The SMILES string of the molecule is Cc1cc(C2CC2)nc(Nc2ccccc2)n1.N#Cc1nn(-c2c(Cl)cc(C(F)(F)F)cc2Cl)c(N)c1[S+]([O-])C(F)(F)F. The fraction of sp³-hybridized carbons (Fsp3) is 0.231. The maximum Gasteiger partial charge on any atom is 0.578 e. The molecule has 1 fully saturated rings. The van der Waals surface area contributed by atoms with E-state index in [0.29, 0.717) is 28.7 Å². The molecule has 3 N–H and O–H groups in total. The van der Waals surface area contributed by atoms with E-state index >= 15 is 0 Å². The Morgan fingerprint density at radius 1 is 1.05 bits per heavy atom. The number of rotatable bonds is 5. The third kappa shape index (κ3) is 7.63. The summed E-state index contributed by atoms with van der Waals surface area (Å²) in [4.78, 5) is 7.84. The molecular weight excluding hydrogens is 643 g/mol. The van der Waals surface area contributed by atoms with Gasteiger partial charge in [0.05, 0.1) is 15.6 Å². The first-order chi connectivity index (χ1) is 20.1. The van der Waals surface area contributed by atoms with Gasteiger partial charge in [-0.1, -0.05) is 41.4 Å². The van der Waals surface area contributed by atoms with E-state index in [9.17, 15) is 30.9 Å². The molecule has 226 valence electrons. The van der Waals surface area contributed by atoms with Crippen LogP contribution in [-0.2, 0) is 17.4 Å². The predicted molar refractivity (Wildman–Crippen MR) is 149 cm³/mol. The monoisotopic (exact) mass is 661 g/mol. The number of nitriles is 1. The Bertz CT molecular complexity index is 1650. The Balaban J connectivity index is 0.000000213. The number of nitrogen functional groups attached to an aromatic ring is 1. The molecule has 2 aromatic heterocycles. The van der Waals surface area contributed by atoms with E-state index in [-0.39, 0.29) is 0 Å². The number of aromatic nitrogens is 4. The first-order valence-corrected chi connectivity index (χ1v) is 14.0. The zero-order valence-electron chi connectivity index (χ0n) is 21.8. The van der Waals surface area contributed by atoms with Gasteiger partial charge in [-0.3, -0.25) is 0 Å². The van der Waals surface area contributed by atoms with Gasteiger partial charge in [-0.15, -0.1) is 18.3 Å². The van der Waals surface area contributed by atoms with Crippen LogP contribution in [-0.4, -0.2) is 29.8 Å². The van der Waals surface area contributed by atoms with Crippen molar-refractivity contribution in [2.24, 2.45) is 0 Å². The van der Waals surface area contributed by atoms with Gasteiger partial charge in [-0.25, -0.2) is 14.6 Å². The van der Waals surface area contributed by atoms with Crippen molar-refractivity contribution in [3.05, 3.63) is 81.2 Å². The summed E-state index contributed by atoms with van der Waals surface area (Å²) >= 11 is 7.77. The van der Waals surface area contributed by atoms with Crippen molar-refractivity contribution in [1.82, 2.24) is 19.7 Å². The summed E-state index contributed by atoms with van der Waals surface area (Å²) in [5, 5.41) is 14.3. The molecule has 0 spiro atoms. The number of para-hydroxylation sites is 1. The molecule has 17 heteroatoms. The predicted octanol–water partition coefficient (Wildman–Crippen LogP) is 7.69. The molecule has 1 aliphatic rings. The van der Waals surface area contributed by atoms with Crippen LogP contribution in [0.2, 0.25) is 10.0 Å². The number of nitrogens with two attached hydrogens (primary N) is 1. The molecule has 1 saturated carbocycles. The number of aryl methyl sites for hydroxylation is 1. The minimum Gasteiger partial charge on any atom is -0.604 e. The summed E-state index contributed by atoms with van der Waals surface area (Å²) in [6.45, 7) is 2.02. The van der Waals surface area contributed by atoms with Crippen LogP contribution >= 0.6 is 23.2 Å². The zero-order chi connectivity index (χ0) is 31.7. The summed E-state index contributed by atoms with van der Waals surface area (Å²) in [5.74, 6) is 0.465. The third-order valence-corrected chi connectivity index (χ3v) is 7.60. The summed E-state index contributed by atoms with van der Waals surface area (Å²) in [6, 6.07) is 14.3. The molecule has 0 amide bonds. The van der Waals surface area contributed by atoms with Crippen LogP contribution < -0.4 is 11.1 Å². The first kappa shape index (κ1) is 32.2. The van der Waals surface area contributed by atoms with Crippen molar-refractivity contribution in [3.63, 3.8) is 0 Å². The molecule has 2 heterocycles. The van der Waals surface area contributed by atoms with Crippen molar-refractivity contribution in [2.75, 3.05) is 11.1 Å². The maximum atomic E-state index is 12.7. The van der Waals surface area contributed by atoms with Crippen LogP contribution in [0.5, 0.6) is 0 Å². The second-order valence-corrected chi connectivity index (χ2v) is 11.3. The molecule has 43 heavy (non-hydrogen) atoms. The normalized spacial score (nSPS) is 14.0. The van der Waals surface area contributed by atoms with Crippen LogP contribution in [0.15, 0.2) is 53.4 Å². The molecule has 5 rings (SSSR count). The highest BCUT2D eigenvalue weighted by Gasteiger charge is 2.50. The lowest BCUT2D eigenvalue weighted by Gasteiger charge is -2.14. The standard InChI is InChI=1S/C14H15N3.C12H4Cl2F6N4OS/c1-10-9-13(11-7-8-11)17-14(15-10)16-12-5-3-2-4-6-12;13-5-1-4(11(15,16)17)2-6(14)8(5)24-10(22)9(7(3-21)23-24)26(25)12(18,19)20/h2-6,9,11H,7-8H2,1H3,(H,15,16,17);1-2H,22H2. The molecule has 0 radical (unpaired) electrons. The van der Waals surface area contributed by atoms with E-state index in [0.717, 1.165) is 11.4 Å². The van der Waals surface area contributed by atoms with E-state index in [1.54, 1.807) is 0 Å². The second kappa shape index (κ2) is 12.5. The van der Waals surface area contributed by atoms with Gasteiger partial charge in [0.1, 0.15) is 22.9 Å². The number of nitrogens with zero attached hydrogens (tertiary/aromatic N) is 5. The number of anilines is 3. The first-order valence-electron chi connectivity index (χ1n) is 12.1. The lowest BCUT2D eigenvalue weighted by Crippen LogP contribution is -2.24. The number of hydrogen-bond acceptors (Lipinski definition) is 7. The Hall–Kier alpha value is -3.71. The summed E-state index contributed by atoms with van der Waals surface area (Å²) in [6.07, 6.45) is -2.26. The smallest absolute Gasteiger partial charge is 0.578 e. The fourth-order valence-electron chi connectivity index (χ4n) is 3.78. The van der Waals surface area contributed by atoms with Crippen molar-refractivity contribution >= 4 is 51.8 Å². The largest absolute Gasteiger partial charge is 0.604 e. The Kier molecular flexibility index (Phi) is 9.36. The number of hydrogen-bond donors (Lipinski definition) is 2. The molecule has 1 aliphatic carbocycles. The quantitative estimate of drug-likeness (QED) is 0.166. The van der Waals surface area contributed by atoms with Crippen molar-refractivity contribution in [2.45, 2.75) is 42.3 Å². The van der Waals surface area contributed by atoms with Gasteiger partial charge >= 0.3 is 11.7 Å². The number of alkyl halides is 6. The molecule has 2 aromatic carbocycles. The summed E-state index contributed by atoms with van der Waals surface area (Å²) in [5.41, 5.74) is 0.812. The van der Waals surface area contributed by atoms with Gasteiger partial charge in [0.2, 0.25) is 16.5 Å². The van der Waals surface area contributed by atoms with Gasteiger partial charge in [0, 0.05) is 23.0 Å². The number of halogens is 8. The summed E-state index contributed by atoms with van der Waals surface area (Å²) in [7, 11) is 0. The van der Waals surface area contributed by atoms with Crippen molar-refractivity contribution in [1.29, 1.82) is 5.26 Å². The zero-order valence-corrected chi connectivity index (χ0v) is 24.1. The van der Waals surface area contributed by atoms with Crippen molar-refractivity contribution < 1.29 is 30.9 Å². The van der Waals surface area contributed by atoms with E-state index in [1.165, 1.54) is 24.6 Å². The second-order valence-electron chi connectivity index (χ2n) is 9.11. The van der Waals surface area contributed by atoms with Gasteiger partial charge in [-0.05, 0) is 50.1 Å². The molecule has 1 atom stereocenters. The van der Waals surface area contributed by atoms with Gasteiger partial charge in [-0.2, -0.15) is 18.4 Å². The Labute approximate surface area is 253 Å². The minimum atomic E-state index is -5.25. The molecule has 4 aromatic rings.